The molecule has 1 aromatic carbocycles. The third-order valence-electron chi connectivity index (χ3n) is 3.90. The van der Waals surface area contributed by atoms with E-state index in [0.717, 1.165) is 0 Å². The lowest BCUT2D eigenvalue weighted by atomic mass is 10.1. The number of amides is 1. The molecule has 1 amide bonds. The molecule has 0 radical (unpaired) electrons. The molecule has 0 fully saturated rings. The van der Waals surface area contributed by atoms with E-state index in [4.69, 9.17) is 4.52 Å². The first-order chi connectivity index (χ1) is 12.5. The molecule has 0 aliphatic carbocycles. The van der Waals surface area contributed by atoms with Crippen LogP contribution in [0.15, 0.2) is 33.6 Å². The molecule has 26 heavy (non-hydrogen) atoms. The topological polar surface area (TPSA) is 105 Å². The quantitative estimate of drug-likeness (QED) is 0.726. The van der Waals surface area contributed by atoms with Crippen LogP contribution in [-0.4, -0.2) is 37.5 Å². The lowest BCUT2D eigenvalue weighted by Gasteiger charge is -2.18. The molecule has 0 aliphatic heterocycles. The first kappa shape index (κ1) is 17.8. The molecule has 0 spiro atoms. The minimum Gasteiger partial charge on any atom is -0.339 e. The van der Waals surface area contributed by atoms with Crippen LogP contribution in [0.4, 0.5) is 0 Å². The molecule has 0 bridgehead atoms. The van der Waals surface area contributed by atoms with Crippen molar-refractivity contribution in [2.24, 2.45) is 5.92 Å². The normalized spacial score (nSPS) is 11.2. The smallest absolute Gasteiger partial charge is 0.280 e. The van der Waals surface area contributed by atoms with Crippen molar-refractivity contribution in [2.75, 3.05) is 6.54 Å². The van der Waals surface area contributed by atoms with Crippen molar-refractivity contribution in [1.82, 2.24) is 25.0 Å². The van der Waals surface area contributed by atoms with Gasteiger partial charge < -0.3 is 14.4 Å². The Balaban J connectivity index is 1.84. The molecular formula is C18H21N5O3. The lowest BCUT2D eigenvalue weighted by Crippen LogP contribution is -2.35. The fraction of sp³-hybridized carbons (Fsp3) is 0.389. The summed E-state index contributed by atoms with van der Waals surface area (Å²) in [6, 6.07) is 7.08. The van der Waals surface area contributed by atoms with Crippen molar-refractivity contribution in [3.8, 4) is 0 Å². The lowest BCUT2D eigenvalue weighted by molar-refractivity contribution is 0.0740. The number of aromatic amines is 1. The van der Waals surface area contributed by atoms with Crippen LogP contribution >= 0.6 is 0 Å². The second kappa shape index (κ2) is 7.47. The number of nitrogens with zero attached hydrogens (tertiary/aromatic N) is 4. The number of aromatic nitrogens is 4. The molecule has 136 valence electrons. The number of benzene rings is 1. The molecule has 2 aromatic heterocycles. The van der Waals surface area contributed by atoms with Gasteiger partial charge in [-0.3, -0.25) is 9.59 Å². The molecule has 8 heteroatoms. The molecule has 0 unspecified atom stereocenters. The highest BCUT2D eigenvalue weighted by Crippen LogP contribution is 2.10. The minimum absolute atomic E-state index is 0.142. The molecule has 0 atom stereocenters. The van der Waals surface area contributed by atoms with Crippen molar-refractivity contribution in [3.63, 3.8) is 0 Å². The van der Waals surface area contributed by atoms with Gasteiger partial charge >= 0.3 is 0 Å². The van der Waals surface area contributed by atoms with Crippen LogP contribution < -0.4 is 5.56 Å². The SMILES string of the molecule is CCN(Cc1noc(CC(C)C)n1)C(=O)c1nc2ccccc2[nH]c1=O. The summed E-state index contributed by atoms with van der Waals surface area (Å²) >= 11 is 0. The van der Waals surface area contributed by atoms with Gasteiger partial charge in [0.1, 0.15) is 0 Å². The number of carbonyl (C=O) groups excluding carboxylic acids is 1. The zero-order valence-electron chi connectivity index (χ0n) is 15.0. The molecule has 0 saturated heterocycles. The number of hydrogen-bond donors (Lipinski definition) is 1. The van der Waals surface area contributed by atoms with Crippen LogP contribution in [0.25, 0.3) is 11.0 Å². The van der Waals surface area contributed by atoms with Gasteiger partial charge in [0.05, 0.1) is 17.6 Å². The van der Waals surface area contributed by atoms with Crippen LogP contribution in [0.5, 0.6) is 0 Å². The number of carbonyl (C=O) groups is 1. The molecule has 8 nitrogen and oxygen atoms in total. The van der Waals surface area contributed by atoms with Crippen molar-refractivity contribution < 1.29 is 9.32 Å². The van der Waals surface area contributed by atoms with Gasteiger partial charge in [-0.1, -0.05) is 31.1 Å². The maximum absolute atomic E-state index is 12.8. The van der Waals surface area contributed by atoms with Crippen LogP contribution in [0.2, 0.25) is 0 Å². The van der Waals surface area contributed by atoms with E-state index in [1.807, 2.05) is 6.92 Å². The van der Waals surface area contributed by atoms with Gasteiger partial charge in [0.15, 0.2) is 11.5 Å². The fourth-order valence-electron chi connectivity index (χ4n) is 2.61. The van der Waals surface area contributed by atoms with E-state index < -0.39 is 11.5 Å². The van der Waals surface area contributed by atoms with E-state index in [1.54, 1.807) is 24.3 Å². The first-order valence-electron chi connectivity index (χ1n) is 8.57. The molecule has 2 heterocycles. The Morgan fingerprint density at radius 2 is 2.04 bits per heavy atom. The van der Waals surface area contributed by atoms with Gasteiger partial charge in [0.2, 0.25) is 5.89 Å². The predicted molar refractivity (Wildman–Crippen MR) is 95.6 cm³/mol. The van der Waals surface area contributed by atoms with Crippen LogP contribution in [-0.2, 0) is 13.0 Å². The number of rotatable bonds is 6. The highest BCUT2D eigenvalue weighted by molar-refractivity contribution is 5.93. The van der Waals surface area contributed by atoms with E-state index in [1.165, 1.54) is 4.90 Å². The second-order valence-corrected chi connectivity index (χ2v) is 6.45. The molecule has 0 saturated carbocycles. The Morgan fingerprint density at radius 1 is 1.27 bits per heavy atom. The second-order valence-electron chi connectivity index (χ2n) is 6.45. The highest BCUT2D eigenvalue weighted by atomic mass is 16.5. The van der Waals surface area contributed by atoms with E-state index in [2.05, 4.69) is 34.0 Å². The number of H-pyrrole nitrogens is 1. The van der Waals surface area contributed by atoms with Crippen molar-refractivity contribution >= 4 is 16.9 Å². The summed E-state index contributed by atoms with van der Waals surface area (Å²) in [5, 5.41) is 3.92. The largest absolute Gasteiger partial charge is 0.339 e. The third kappa shape index (κ3) is 3.79. The molecule has 1 N–H and O–H groups in total. The summed E-state index contributed by atoms with van der Waals surface area (Å²) in [6.45, 7) is 6.49. The first-order valence-corrected chi connectivity index (χ1v) is 8.57. The Hall–Kier alpha value is -3.03. The molecule has 0 aliphatic rings. The summed E-state index contributed by atoms with van der Waals surface area (Å²) in [5.74, 6) is 0.885. The maximum atomic E-state index is 12.8. The zero-order valence-corrected chi connectivity index (χ0v) is 15.0. The summed E-state index contributed by atoms with van der Waals surface area (Å²) in [7, 11) is 0. The Bertz CT molecular complexity index is 976. The standard InChI is InChI=1S/C18H21N5O3/c1-4-23(10-14-21-15(26-22-14)9-11(2)3)18(25)16-17(24)20-13-8-6-5-7-12(13)19-16/h5-8,11H,4,9-10H2,1-3H3,(H,20,24). The zero-order chi connectivity index (χ0) is 18.7. The predicted octanol–water partition coefficient (Wildman–Crippen LogP) is 2.17. The van der Waals surface area contributed by atoms with Gasteiger partial charge in [-0.25, -0.2) is 4.98 Å². The van der Waals surface area contributed by atoms with E-state index in [0.29, 0.717) is 41.6 Å². The highest BCUT2D eigenvalue weighted by Gasteiger charge is 2.22. The van der Waals surface area contributed by atoms with Gasteiger partial charge in [-0.15, -0.1) is 0 Å². The van der Waals surface area contributed by atoms with E-state index in [-0.39, 0.29) is 12.2 Å². The van der Waals surface area contributed by atoms with Gasteiger partial charge in [-0.05, 0) is 25.0 Å². The maximum Gasteiger partial charge on any atom is 0.280 e. The summed E-state index contributed by atoms with van der Waals surface area (Å²) < 4.78 is 5.21. The van der Waals surface area contributed by atoms with Crippen LogP contribution in [0, 0.1) is 5.92 Å². The van der Waals surface area contributed by atoms with Crippen LogP contribution in [0.3, 0.4) is 0 Å². The Labute approximate surface area is 150 Å². The fourth-order valence-corrected chi connectivity index (χ4v) is 2.61. The molecule has 3 aromatic rings. The average Bonchev–Trinajstić information content (AvgIpc) is 3.04. The Kier molecular flexibility index (Phi) is 5.11. The number of nitrogens with one attached hydrogen (secondary N) is 1. The monoisotopic (exact) mass is 355 g/mol. The average molecular weight is 355 g/mol. The van der Waals surface area contributed by atoms with Crippen molar-refractivity contribution in [2.45, 2.75) is 33.7 Å². The van der Waals surface area contributed by atoms with E-state index >= 15 is 0 Å². The summed E-state index contributed by atoms with van der Waals surface area (Å²) in [5.41, 5.74) is 0.496. The number of fused-ring (bicyclic) bond motifs is 1. The summed E-state index contributed by atoms with van der Waals surface area (Å²) in [6.07, 6.45) is 0.680. The third-order valence-corrected chi connectivity index (χ3v) is 3.90. The summed E-state index contributed by atoms with van der Waals surface area (Å²) in [4.78, 5) is 37.7. The molecule has 3 rings (SSSR count). The Morgan fingerprint density at radius 3 is 2.77 bits per heavy atom. The van der Waals surface area contributed by atoms with Crippen molar-refractivity contribution in [3.05, 3.63) is 52.0 Å². The minimum atomic E-state index is -0.513. The van der Waals surface area contributed by atoms with Gasteiger partial charge in [0.25, 0.3) is 11.5 Å². The van der Waals surface area contributed by atoms with Crippen LogP contribution in [0.1, 0.15) is 43.0 Å². The van der Waals surface area contributed by atoms with Crippen molar-refractivity contribution in [1.29, 1.82) is 0 Å². The van der Waals surface area contributed by atoms with E-state index in [9.17, 15) is 9.59 Å². The molecular weight excluding hydrogens is 334 g/mol. The van der Waals surface area contributed by atoms with Gasteiger partial charge in [-0.2, -0.15) is 4.98 Å². The number of hydrogen-bond acceptors (Lipinski definition) is 6. The number of para-hydroxylation sites is 2. The van der Waals surface area contributed by atoms with Gasteiger partial charge in [0, 0.05) is 13.0 Å².